The van der Waals surface area contributed by atoms with Crippen molar-refractivity contribution < 1.29 is 9.53 Å². The molecule has 0 N–H and O–H groups in total. The van der Waals surface area contributed by atoms with Crippen LogP contribution in [0.5, 0.6) is 5.75 Å². The maximum Gasteiger partial charge on any atom is 0.210 e. The number of halogens is 1. The molecule has 0 saturated carbocycles. The monoisotopic (exact) mass is 308 g/mol. The SMILES string of the molecule is Cc1cc(OCC(=O)c2cccs2)c(C(C)C)cc1Cl. The number of rotatable bonds is 5. The number of aryl methyl sites for hydroxylation is 1. The lowest BCUT2D eigenvalue weighted by Gasteiger charge is -2.15. The van der Waals surface area contributed by atoms with Crippen LogP contribution in [0.2, 0.25) is 5.02 Å². The quantitative estimate of drug-likeness (QED) is 0.719. The number of hydrogen-bond donors (Lipinski definition) is 0. The normalized spacial score (nSPS) is 10.8. The molecule has 2 nitrogen and oxygen atoms in total. The number of hydrogen-bond acceptors (Lipinski definition) is 3. The highest BCUT2D eigenvalue weighted by Crippen LogP contribution is 2.32. The van der Waals surface area contributed by atoms with E-state index < -0.39 is 0 Å². The van der Waals surface area contributed by atoms with Gasteiger partial charge in [0.05, 0.1) is 4.88 Å². The number of carbonyl (C=O) groups excluding carboxylic acids is 1. The molecule has 0 bridgehead atoms. The predicted octanol–water partition coefficient (Wildman–Crippen LogP) is 5.10. The fourth-order valence-corrected chi connectivity index (χ4v) is 2.72. The van der Waals surface area contributed by atoms with E-state index in [2.05, 4.69) is 13.8 Å². The summed E-state index contributed by atoms with van der Waals surface area (Å²) in [6.07, 6.45) is 0. The van der Waals surface area contributed by atoms with Gasteiger partial charge in [-0.1, -0.05) is 31.5 Å². The van der Waals surface area contributed by atoms with Gasteiger partial charge in [0.25, 0.3) is 0 Å². The lowest BCUT2D eigenvalue weighted by Crippen LogP contribution is -2.11. The molecule has 0 spiro atoms. The molecule has 1 aromatic carbocycles. The number of benzene rings is 1. The maximum absolute atomic E-state index is 12.0. The fourth-order valence-electron chi connectivity index (χ4n) is 1.90. The van der Waals surface area contributed by atoms with Crippen molar-refractivity contribution in [2.24, 2.45) is 0 Å². The molecule has 4 heteroatoms. The number of carbonyl (C=O) groups is 1. The van der Waals surface area contributed by atoms with Crippen LogP contribution in [0.3, 0.4) is 0 Å². The van der Waals surface area contributed by atoms with Crippen molar-refractivity contribution >= 4 is 28.7 Å². The molecule has 0 radical (unpaired) electrons. The van der Waals surface area contributed by atoms with E-state index in [1.807, 2.05) is 36.6 Å². The first-order valence-corrected chi connectivity index (χ1v) is 7.74. The molecule has 1 heterocycles. The molecule has 2 rings (SSSR count). The molecule has 0 aliphatic carbocycles. The highest BCUT2D eigenvalue weighted by molar-refractivity contribution is 7.12. The Morgan fingerprint density at radius 2 is 2.15 bits per heavy atom. The van der Waals surface area contributed by atoms with E-state index in [1.165, 1.54) is 11.3 Å². The summed E-state index contributed by atoms with van der Waals surface area (Å²) in [6.45, 7) is 6.14. The van der Waals surface area contributed by atoms with Gasteiger partial charge < -0.3 is 4.74 Å². The highest BCUT2D eigenvalue weighted by atomic mass is 35.5. The summed E-state index contributed by atoms with van der Waals surface area (Å²) in [7, 11) is 0. The molecule has 0 aliphatic rings. The Hall–Kier alpha value is -1.32. The van der Waals surface area contributed by atoms with Gasteiger partial charge in [-0.15, -0.1) is 11.3 Å². The van der Waals surface area contributed by atoms with Gasteiger partial charge in [-0.05, 0) is 47.5 Å². The first-order chi connectivity index (χ1) is 9.49. The average Bonchev–Trinajstić information content (AvgIpc) is 2.93. The van der Waals surface area contributed by atoms with Gasteiger partial charge in [0.1, 0.15) is 5.75 Å². The summed E-state index contributed by atoms with van der Waals surface area (Å²) in [5.41, 5.74) is 1.98. The van der Waals surface area contributed by atoms with Crippen molar-refractivity contribution in [3.63, 3.8) is 0 Å². The van der Waals surface area contributed by atoms with Crippen LogP contribution in [0.1, 0.15) is 40.6 Å². The highest BCUT2D eigenvalue weighted by Gasteiger charge is 2.13. The molecule has 2 aromatic rings. The van der Waals surface area contributed by atoms with Crippen molar-refractivity contribution in [1.29, 1.82) is 0 Å². The summed E-state index contributed by atoms with van der Waals surface area (Å²) in [5, 5.41) is 2.62. The molecule has 0 fully saturated rings. The summed E-state index contributed by atoms with van der Waals surface area (Å²) in [4.78, 5) is 12.7. The number of ether oxygens (including phenoxy) is 1. The third-order valence-electron chi connectivity index (χ3n) is 3.07. The average molecular weight is 309 g/mol. The third kappa shape index (κ3) is 3.41. The molecule has 20 heavy (non-hydrogen) atoms. The topological polar surface area (TPSA) is 26.3 Å². The van der Waals surface area contributed by atoms with Crippen LogP contribution in [0.25, 0.3) is 0 Å². The van der Waals surface area contributed by atoms with E-state index >= 15 is 0 Å². The number of ketones is 1. The van der Waals surface area contributed by atoms with Gasteiger partial charge in [-0.3, -0.25) is 4.79 Å². The molecule has 0 amide bonds. The van der Waals surface area contributed by atoms with Crippen molar-refractivity contribution in [3.8, 4) is 5.75 Å². The zero-order valence-corrected chi connectivity index (χ0v) is 13.3. The van der Waals surface area contributed by atoms with Crippen molar-refractivity contribution in [1.82, 2.24) is 0 Å². The lowest BCUT2D eigenvalue weighted by molar-refractivity contribution is 0.0924. The summed E-state index contributed by atoms with van der Waals surface area (Å²) in [6, 6.07) is 7.50. The predicted molar refractivity (Wildman–Crippen MR) is 84.4 cm³/mol. The minimum Gasteiger partial charge on any atom is -0.485 e. The Morgan fingerprint density at radius 1 is 1.40 bits per heavy atom. The number of Topliss-reactive ketones (excluding diaryl/α,β-unsaturated/α-hetero) is 1. The minimum absolute atomic E-state index is 0.00214. The Labute approximate surface area is 128 Å². The van der Waals surface area contributed by atoms with Gasteiger partial charge in [-0.2, -0.15) is 0 Å². The van der Waals surface area contributed by atoms with Crippen LogP contribution in [-0.2, 0) is 0 Å². The smallest absolute Gasteiger partial charge is 0.210 e. The van der Waals surface area contributed by atoms with E-state index in [4.69, 9.17) is 16.3 Å². The largest absolute Gasteiger partial charge is 0.485 e. The molecule has 1 aromatic heterocycles. The standard InChI is InChI=1S/C16H17ClO2S/c1-10(2)12-8-13(17)11(3)7-15(12)19-9-14(18)16-5-4-6-20-16/h4-8,10H,9H2,1-3H3. The Balaban J connectivity index is 2.16. The Morgan fingerprint density at radius 3 is 2.75 bits per heavy atom. The van der Waals surface area contributed by atoms with E-state index in [-0.39, 0.29) is 12.4 Å². The van der Waals surface area contributed by atoms with Crippen LogP contribution >= 0.6 is 22.9 Å². The van der Waals surface area contributed by atoms with Crippen molar-refractivity contribution in [2.45, 2.75) is 26.7 Å². The zero-order valence-electron chi connectivity index (χ0n) is 11.8. The van der Waals surface area contributed by atoms with Crippen LogP contribution in [0, 0.1) is 6.92 Å². The second-order valence-electron chi connectivity index (χ2n) is 4.98. The molecular weight excluding hydrogens is 292 g/mol. The molecule has 0 aliphatic heterocycles. The Bertz CT molecular complexity index is 603. The number of thiophene rings is 1. The Kier molecular flexibility index (Phi) is 4.84. The lowest BCUT2D eigenvalue weighted by atomic mass is 10.0. The second kappa shape index (κ2) is 6.42. The molecular formula is C16H17ClO2S. The fraction of sp³-hybridized carbons (Fsp3) is 0.312. The first kappa shape index (κ1) is 15.1. The molecule has 0 saturated heterocycles. The van der Waals surface area contributed by atoms with Gasteiger partial charge in [0.15, 0.2) is 6.61 Å². The summed E-state index contributed by atoms with van der Waals surface area (Å²) >= 11 is 7.58. The third-order valence-corrected chi connectivity index (χ3v) is 4.39. The van der Waals surface area contributed by atoms with Crippen LogP contribution < -0.4 is 4.74 Å². The van der Waals surface area contributed by atoms with E-state index in [1.54, 1.807) is 0 Å². The first-order valence-electron chi connectivity index (χ1n) is 6.48. The molecule has 0 atom stereocenters. The van der Waals surface area contributed by atoms with Gasteiger partial charge in [0, 0.05) is 5.02 Å². The maximum atomic E-state index is 12.0. The molecule has 0 unspecified atom stereocenters. The van der Waals surface area contributed by atoms with Gasteiger partial charge in [-0.25, -0.2) is 0 Å². The van der Waals surface area contributed by atoms with Crippen molar-refractivity contribution in [2.75, 3.05) is 6.61 Å². The van der Waals surface area contributed by atoms with Gasteiger partial charge in [0.2, 0.25) is 5.78 Å². The second-order valence-corrected chi connectivity index (χ2v) is 6.34. The van der Waals surface area contributed by atoms with Crippen LogP contribution in [0.15, 0.2) is 29.6 Å². The molecule has 106 valence electrons. The van der Waals surface area contributed by atoms with E-state index in [9.17, 15) is 4.79 Å². The van der Waals surface area contributed by atoms with E-state index in [0.717, 1.165) is 26.8 Å². The summed E-state index contributed by atoms with van der Waals surface area (Å²) < 4.78 is 5.72. The van der Waals surface area contributed by atoms with Crippen LogP contribution in [0.4, 0.5) is 0 Å². The zero-order chi connectivity index (χ0) is 14.7. The van der Waals surface area contributed by atoms with E-state index in [0.29, 0.717) is 5.92 Å². The van der Waals surface area contributed by atoms with Crippen molar-refractivity contribution in [3.05, 3.63) is 50.7 Å². The minimum atomic E-state index is 0.00214. The van der Waals surface area contributed by atoms with Crippen LogP contribution in [-0.4, -0.2) is 12.4 Å². The van der Waals surface area contributed by atoms with Gasteiger partial charge >= 0.3 is 0 Å². The summed E-state index contributed by atoms with van der Waals surface area (Å²) in [5.74, 6) is 1.04.